The van der Waals surface area contributed by atoms with Gasteiger partial charge in [-0.25, -0.2) is 13.4 Å². The molecule has 0 spiro atoms. The molecule has 0 bridgehead atoms. The molecule has 1 N–H and O–H groups in total. The van der Waals surface area contributed by atoms with Gasteiger partial charge in [0.25, 0.3) is 5.91 Å². The molecule has 1 saturated heterocycles. The summed E-state index contributed by atoms with van der Waals surface area (Å²) in [5.41, 5.74) is 3.68. The van der Waals surface area contributed by atoms with Crippen LogP contribution in [-0.4, -0.2) is 53.7 Å². The van der Waals surface area contributed by atoms with Gasteiger partial charge in [-0.3, -0.25) is 9.69 Å². The van der Waals surface area contributed by atoms with Gasteiger partial charge in [0.2, 0.25) is 10.0 Å². The lowest BCUT2D eigenvalue weighted by molar-refractivity contribution is 0.102. The van der Waals surface area contributed by atoms with Crippen LogP contribution in [0.2, 0.25) is 0 Å². The van der Waals surface area contributed by atoms with Crippen molar-refractivity contribution in [2.75, 3.05) is 18.4 Å². The number of anilines is 1. The van der Waals surface area contributed by atoms with E-state index in [1.54, 1.807) is 51.2 Å². The molecule has 0 saturated carbocycles. The third kappa shape index (κ3) is 5.12. The smallest absolute Gasteiger partial charge is 0.256 e. The van der Waals surface area contributed by atoms with E-state index in [1.807, 2.05) is 25.1 Å². The number of carbonyl (C=O) groups excluding carboxylic acids is 1. The first-order valence-electron chi connectivity index (χ1n) is 13.9. The number of benzene rings is 2. The number of fused-ring (bicyclic) bond motifs is 2. The van der Waals surface area contributed by atoms with Crippen molar-refractivity contribution in [1.82, 2.24) is 14.2 Å². The molecular weight excluding hydrogens is 561 g/mol. The van der Waals surface area contributed by atoms with Crippen LogP contribution in [0.3, 0.4) is 0 Å². The van der Waals surface area contributed by atoms with Crippen LogP contribution < -0.4 is 5.32 Å². The van der Waals surface area contributed by atoms with E-state index in [9.17, 15) is 13.2 Å². The molecule has 1 amide bonds. The van der Waals surface area contributed by atoms with Gasteiger partial charge in [-0.1, -0.05) is 18.6 Å². The molecule has 10 heteroatoms. The highest BCUT2D eigenvalue weighted by Crippen LogP contribution is 2.46. The van der Waals surface area contributed by atoms with E-state index >= 15 is 0 Å². The maximum atomic E-state index is 13.5. The number of nitrogens with zero attached hydrogens (tertiary/aromatic N) is 3. The molecule has 7 nitrogen and oxygen atoms in total. The number of hydrogen-bond donors (Lipinski definition) is 1. The molecule has 6 rings (SSSR count). The summed E-state index contributed by atoms with van der Waals surface area (Å²) in [5, 5.41) is 4.89. The molecule has 210 valence electrons. The van der Waals surface area contributed by atoms with Crippen LogP contribution in [0.15, 0.2) is 53.4 Å². The summed E-state index contributed by atoms with van der Waals surface area (Å²) in [6.45, 7) is 8.75. The van der Waals surface area contributed by atoms with Gasteiger partial charge in [0.05, 0.1) is 15.1 Å². The van der Waals surface area contributed by atoms with Crippen LogP contribution in [0.25, 0.3) is 20.8 Å². The minimum Gasteiger partial charge on any atom is -0.313 e. The Morgan fingerprint density at radius 1 is 1.05 bits per heavy atom. The lowest BCUT2D eigenvalue weighted by Gasteiger charge is -2.32. The molecule has 0 aliphatic carbocycles. The quantitative estimate of drug-likeness (QED) is 0.272. The van der Waals surface area contributed by atoms with Gasteiger partial charge in [0.1, 0.15) is 10.0 Å². The predicted molar refractivity (Wildman–Crippen MR) is 164 cm³/mol. The highest BCUT2D eigenvalue weighted by atomic mass is 32.2. The molecule has 1 fully saturated rings. The Balaban J connectivity index is 1.30. The molecule has 1 unspecified atom stereocenters. The molecule has 40 heavy (non-hydrogen) atoms. The molecular formula is C30H34N4O3S3. The number of thiazole rings is 1. The van der Waals surface area contributed by atoms with Gasteiger partial charge in [0.15, 0.2) is 0 Å². The molecule has 2 aromatic carbocycles. The minimum atomic E-state index is -3.59. The Bertz CT molecular complexity index is 1620. The second-order valence-corrected chi connectivity index (χ2v) is 15.0. The van der Waals surface area contributed by atoms with Crippen LogP contribution in [-0.2, 0) is 23.0 Å². The van der Waals surface area contributed by atoms with Crippen LogP contribution in [0.4, 0.5) is 5.00 Å². The second-order valence-electron chi connectivity index (χ2n) is 10.9. The monoisotopic (exact) mass is 594 g/mol. The maximum absolute atomic E-state index is 13.5. The van der Waals surface area contributed by atoms with Crippen molar-refractivity contribution in [1.29, 1.82) is 0 Å². The van der Waals surface area contributed by atoms with Crippen LogP contribution in [0.5, 0.6) is 0 Å². The Labute approximate surface area is 243 Å². The average Bonchev–Trinajstić information content (AvgIpc) is 3.53. The molecule has 2 aliphatic rings. The highest BCUT2D eigenvalue weighted by Gasteiger charge is 2.32. The number of hydrogen-bond acceptors (Lipinski definition) is 7. The largest absolute Gasteiger partial charge is 0.313 e. The van der Waals surface area contributed by atoms with E-state index in [4.69, 9.17) is 4.98 Å². The lowest BCUT2D eigenvalue weighted by Crippen LogP contribution is -2.41. The SMILES string of the molecule is CC(C)N1CCc2c(sc(NC(=O)c3ccc(S(=O)(=O)N4CCCCC4C)cc3)c2-c2nc3ccccc3s2)C1. The van der Waals surface area contributed by atoms with Crippen molar-refractivity contribution in [2.24, 2.45) is 0 Å². The number of piperidine rings is 1. The van der Waals surface area contributed by atoms with Gasteiger partial charge in [-0.15, -0.1) is 22.7 Å². The zero-order valence-corrected chi connectivity index (χ0v) is 25.5. The van der Waals surface area contributed by atoms with Crippen molar-refractivity contribution in [3.8, 4) is 10.6 Å². The lowest BCUT2D eigenvalue weighted by atomic mass is 10.0. The van der Waals surface area contributed by atoms with Gasteiger partial charge in [0, 0.05) is 47.7 Å². The molecule has 4 aromatic rings. The van der Waals surface area contributed by atoms with E-state index in [0.717, 1.165) is 64.6 Å². The van der Waals surface area contributed by atoms with Gasteiger partial charge < -0.3 is 5.32 Å². The third-order valence-corrected chi connectivity index (χ3v) is 12.2. The highest BCUT2D eigenvalue weighted by molar-refractivity contribution is 7.89. The Hall–Kier alpha value is -2.63. The van der Waals surface area contributed by atoms with Crippen molar-refractivity contribution in [2.45, 2.75) is 70.0 Å². The van der Waals surface area contributed by atoms with Gasteiger partial charge in [-0.05, 0) is 82.0 Å². The van der Waals surface area contributed by atoms with E-state index < -0.39 is 10.0 Å². The number of nitrogens with one attached hydrogen (secondary N) is 1. The molecule has 2 aromatic heterocycles. The van der Waals surface area contributed by atoms with E-state index in [1.165, 1.54) is 10.4 Å². The summed E-state index contributed by atoms with van der Waals surface area (Å²) >= 11 is 3.28. The van der Waals surface area contributed by atoms with Crippen molar-refractivity contribution in [3.63, 3.8) is 0 Å². The number of carbonyl (C=O) groups is 1. The predicted octanol–water partition coefficient (Wildman–Crippen LogP) is 6.61. The Kier molecular flexibility index (Phi) is 7.56. The summed E-state index contributed by atoms with van der Waals surface area (Å²) in [6, 6.07) is 14.9. The number of sulfonamides is 1. The van der Waals surface area contributed by atoms with Crippen molar-refractivity contribution < 1.29 is 13.2 Å². The fourth-order valence-electron chi connectivity index (χ4n) is 5.68. The average molecular weight is 595 g/mol. The van der Waals surface area contributed by atoms with Gasteiger partial charge in [-0.2, -0.15) is 4.31 Å². The van der Waals surface area contributed by atoms with Crippen LogP contribution >= 0.6 is 22.7 Å². The number of aromatic nitrogens is 1. The second kappa shape index (κ2) is 11.0. The molecule has 2 aliphatic heterocycles. The first-order chi connectivity index (χ1) is 19.2. The molecule has 4 heterocycles. The Morgan fingerprint density at radius 3 is 2.55 bits per heavy atom. The van der Waals surface area contributed by atoms with Crippen molar-refractivity contribution >= 4 is 53.8 Å². The van der Waals surface area contributed by atoms with Crippen molar-refractivity contribution in [3.05, 3.63) is 64.5 Å². The zero-order valence-electron chi connectivity index (χ0n) is 23.0. The fraction of sp³-hybridized carbons (Fsp3) is 0.400. The normalized spacial score (nSPS) is 18.8. The minimum absolute atomic E-state index is 0.0147. The summed E-state index contributed by atoms with van der Waals surface area (Å²) in [5.74, 6) is -0.253. The first-order valence-corrected chi connectivity index (χ1v) is 17.0. The van der Waals surface area contributed by atoms with E-state index in [2.05, 4.69) is 30.1 Å². The third-order valence-electron chi connectivity index (χ3n) is 8.02. The van der Waals surface area contributed by atoms with E-state index in [0.29, 0.717) is 18.2 Å². The summed E-state index contributed by atoms with van der Waals surface area (Å²) in [7, 11) is -3.59. The summed E-state index contributed by atoms with van der Waals surface area (Å²) < 4.78 is 29.2. The Morgan fingerprint density at radius 2 is 1.82 bits per heavy atom. The number of thiophene rings is 1. The maximum Gasteiger partial charge on any atom is 0.256 e. The standard InChI is InChI=1S/C30H34N4O3S3/c1-19(2)33-17-15-23-26(18-33)39-30(27(23)29-31-24-9-4-5-10-25(24)38-29)32-28(35)21-11-13-22(14-12-21)40(36,37)34-16-7-6-8-20(34)3/h4-5,9-14,19-20H,6-8,15-18H2,1-3H3,(H,32,35). The summed E-state index contributed by atoms with van der Waals surface area (Å²) in [6.07, 6.45) is 3.71. The number of rotatable bonds is 6. The van der Waals surface area contributed by atoms with Gasteiger partial charge >= 0.3 is 0 Å². The number of para-hydroxylation sites is 1. The van der Waals surface area contributed by atoms with Crippen LogP contribution in [0.1, 0.15) is 60.8 Å². The van der Waals surface area contributed by atoms with Crippen LogP contribution in [0, 0.1) is 0 Å². The topological polar surface area (TPSA) is 82.6 Å². The first kappa shape index (κ1) is 27.5. The van der Waals surface area contributed by atoms with E-state index in [-0.39, 0.29) is 16.8 Å². The zero-order chi connectivity index (χ0) is 28.0. The fourth-order valence-corrected chi connectivity index (χ4v) is 9.75. The molecule has 1 atom stereocenters. The summed E-state index contributed by atoms with van der Waals surface area (Å²) in [4.78, 5) is 22.4. The number of amides is 1. The molecule has 0 radical (unpaired) electrons.